The molecule has 0 unspecified atom stereocenters. The molecule has 0 aliphatic rings. The van der Waals surface area contributed by atoms with Crippen molar-refractivity contribution in [1.29, 1.82) is 0 Å². The highest BCUT2D eigenvalue weighted by molar-refractivity contribution is 6.31. The summed E-state index contributed by atoms with van der Waals surface area (Å²) in [5.41, 5.74) is 2.29. The molecule has 1 aromatic heterocycles. The first kappa shape index (κ1) is 12.4. The molecule has 1 heterocycles. The van der Waals surface area contributed by atoms with Crippen LogP contribution in [0.5, 0.6) is 0 Å². The highest BCUT2D eigenvalue weighted by Crippen LogP contribution is 2.19. The molecule has 1 aromatic carbocycles. The van der Waals surface area contributed by atoms with Gasteiger partial charge in [-0.15, -0.1) is 0 Å². The van der Waals surface area contributed by atoms with Crippen LogP contribution in [0.1, 0.15) is 5.69 Å². The lowest BCUT2D eigenvalue weighted by Crippen LogP contribution is -2.26. The number of hydrogen-bond acceptors (Lipinski definition) is 2. The number of halogens is 1. The van der Waals surface area contributed by atoms with Crippen molar-refractivity contribution >= 4 is 22.5 Å². The largest absolute Gasteiger partial charge is 0.357 e. The lowest BCUT2D eigenvalue weighted by molar-refractivity contribution is 0.399. The van der Waals surface area contributed by atoms with Crippen molar-refractivity contribution in [3.8, 4) is 0 Å². The lowest BCUT2D eigenvalue weighted by atomic mass is 10.2. The van der Waals surface area contributed by atoms with E-state index in [1.165, 1.54) is 11.1 Å². The first-order chi connectivity index (χ1) is 8.15. The first-order valence-corrected chi connectivity index (χ1v) is 6.15. The predicted molar refractivity (Wildman–Crippen MR) is 73.6 cm³/mol. The summed E-state index contributed by atoms with van der Waals surface area (Å²) in [6.07, 6.45) is 0. The van der Waals surface area contributed by atoms with E-state index in [0.717, 1.165) is 30.2 Å². The van der Waals surface area contributed by atoms with Gasteiger partial charge in [-0.05, 0) is 37.7 Å². The van der Waals surface area contributed by atoms with E-state index in [2.05, 4.69) is 35.4 Å². The molecule has 2 N–H and O–H groups in total. The Balaban J connectivity index is 1.95. The highest BCUT2D eigenvalue weighted by Gasteiger charge is 2.01. The zero-order valence-electron chi connectivity index (χ0n) is 10.3. The maximum Gasteiger partial charge on any atom is 0.0471 e. The highest BCUT2D eigenvalue weighted by atomic mass is 35.5. The maximum atomic E-state index is 5.95. The Morgan fingerprint density at radius 2 is 2.12 bits per heavy atom. The predicted octanol–water partition coefficient (Wildman–Crippen LogP) is 2.47. The van der Waals surface area contributed by atoms with Crippen LogP contribution in [0.15, 0.2) is 24.3 Å². The molecule has 0 saturated carbocycles. The van der Waals surface area contributed by atoms with Crippen molar-refractivity contribution in [1.82, 2.24) is 15.2 Å². The number of fused-ring (bicyclic) bond motifs is 1. The number of rotatable bonds is 5. The fraction of sp³-hybridized carbons (Fsp3) is 0.385. The van der Waals surface area contributed by atoms with E-state index >= 15 is 0 Å². The van der Waals surface area contributed by atoms with Crippen molar-refractivity contribution in [2.45, 2.75) is 6.54 Å². The van der Waals surface area contributed by atoms with E-state index < -0.39 is 0 Å². The maximum absolute atomic E-state index is 5.95. The Bertz CT molecular complexity index is 490. The molecule has 0 amide bonds. The van der Waals surface area contributed by atoms with Gasteiger partial charge in [0.25, 0.3) is 0 Å². The van der Waals surface area contributed by atoms with Gasteiger partial charge in [-0.3, -0.25) is 0 Å². The zero-order valence-corrected chi connectivity index (χ0v) is 11.0. The van der Waals surface area contributed by atoms with Gasteiger partial charge in [-0.2, -0.15) is 0 Å². The van der Waals surface area contributed by atoms with Crippen molar-refractivity contribution < 1.29 is 0 Å². The normalized spacial score (nSPS) is 11.5. The number of aromatic nitrogens is 1. The summed E-state index contributed by atoms with van der Waals surface area (Å²) < 4.78 is 0. The van der Waals surface area contributed by atoms with Gasteiger partial charge in [0.2, 0.25) is 0 Å². The average molecular weight is 252 g/mol. The molecule has 0 saturated heterocycles. The van der Waals surface area contributed by atoms with Crippen LogP contribution in [0.4, 0.5) is 0 Å². The first-order valence-electron chi connectivity index (χ1n) is 5.78. The molecule has 0 atom stereocenters. The summed E-state index contributed by atoms with van der Waals surface area (Å²) in [4.78, 5) is 5.53. The molecule has 2 rings (SSSR count). The molecule has 2 aromatic rings. The molecule has 92 valence electrons. The number of aromatic amines is 1. The fourth-order valence-electron chi connectivity index (χ4n) is 1.78. The molecule has 4 heteroatoms. The molecular weight excluding hydrogens is 234 g/mol. The molecule has 0 aliphatic heterocycles. The van der Waals surface area contributed by atoms with Gasteiger partial charge in [0.15, 0.2) is 0 Å². The van der Waals surface area contributed by atoms with Gasteiger partial charge in [0.05, 0.1) is 0 Å². The van der Waals surface area contributed by atoms with Gasteiger partial charge in [-0.25, -0.2) is 0 Å². The number of hydrogen-bond donors (Lipinski definition) is 2. The summed E-state index contributed by atoms with van der Waals surface area (Å²) in [6, 6.07) is 8.08. The Morgan fingerprint density at radius 1 is 1.29 bits per heavy atom. The third-order valence-corrected chi connectivity index (χ3v) is 2.93. The molecule has 0 spiro atoms. The van der Waals surface area contributed by atoms with E-state index in [0.29, 0.717) is 0 Å². The van der Waals surface area contributed by atoms with Gasteiger partial charge in [-0.1, -0.05) is 17.7 Å². The van der Waals surface area contributed by atoms with Crippen molar-refractivity contribution in [2.24, 2.45) is 0 Å². The van der Waals surface area contributed by atoms with Crippen LogP contribution < -0.4 is 5.32 Å². The van der Waals surface area contributed by atoms with Crippen molar-refractivity contribution in [2.75, 3.05) is 27.2 Å². The Hall–Kier alpha value is -1.03. The Morgan fingerprint density at radius 3 is 2.88 bits per heavy atom. The number of benzene rings is 1. The van der Waals surface area contributed by atoms with Gasteiger partial charge >= 0.3 is 0 Å². The van der Waals surface area contributed by atoms with Crippen LogP contribution in [0.2, 0.25) is 5.02 Å². The second-order valence-electron chi connectivity index (χ2n) is 4.51. The SMILES string of the molecule is CN(C)CCNCc1cc2ccc(Cl)cc2[nH]1. The van der Waals surface area contributed by atoms with Crippen molar-refractivity contribution in [3.05, 3.63) is 35.0 Å². The number of likely N-dealkylation sites (N-methyl/N-ethyl adjacent to an activating group) is 1. The summed E-state index contributed by atoms with van der Waals surface area (Å²) in [5, 5.41) is 5.38. The van der Waals surface area contributed by atoms with E-state index in [1.807, 2.05) is 18.2 Å². The molecule has 17 heavy (non-hydrogen) atoms. The second kappa shape index (κ2) is 5.54. The van der Waals surface area contributed by atoms with E-state index in [1.54, 1.807) is 0 Å². The van der Waals surface area contributed by atoms with Crippen LogP contribution in [-0.4, -0.2) is 37.1 Å². The van der Waals surface area contributed by atoms with Crippen LogP contribution in [0, 0.1) is 0 Å². The fourth-order valence-corrected chi connectivity index (χ4v) is 1.95. The molecule has 0 aliphatic carbocycles. The van der Waals surface area contributed by atoms with E-state index in [9.17, 15) is 0 Å². The monoisotopic (exact) mass is 251 g/mol. The minimum atomic E-state index is 0.770. The van der Waals surface area contributed by atoms with Crippen molar-refractivity contribution in [3.63, 3.8) is 0 Å². The third kappa shape index (κ3) is 3.46. The van der Waals surface area contributed by atoms with Gasteiger partial charge in [0.1, 0.15) is 0 Å². The number of nitrogens with one attached hydrogen (secondary N) is 2. The van der Waals surface area contributed by atoms with E-state index in [-0.39, 0.29) is 0 Å². The molecule has 3 nitrogen and oxygen atoms in total. The summed E-state index contributed by atoms with van der Waals surface area (Å²) in [5.74, 6) is 0. The summed E-state index contributed by atoms with van der Waals surface area (Å²) in [6.45, 7) is 2.90. The van der Waals surface area contributed by atoms with Crippen LogP contribution in [-0.2, 0) is 6.54 Å². The van der Waals surface area contributed by atoms with E-state index in [4.69, 9.17) is 11.6 Å². The molecular formula is C13H18ClN3. The Kier molecular flexibility index (Phi) is 4.05. The minimum Gasteiger partial charge on any atom is -0.357 e. The standard InChI is InChI=1S/C13H18ClN3/c1-17(2)6-5-15-9-12-7-10-3-4-11(14)8-13(10)16-12/h3-4,7-8,15-16H,5-6,9H2,1-2H3. The molecule has 0 fully saturated rings. The smallest absolute Gasteiger partial charge is 0.0471 e. The lowest BCUT2D eigenvalue weighted by Gasteiger charge is -2.09. The second-order valence-corrected chi connectivity index (χ2v) is 4.94. The Labute approximate surface area is 107 Å². The van der Waals surface area contributed by atoms with Crippen LogP contribution in [0.25, 0.3) is 10.9 Å². The summed E-state index contributed by atoms with van der Waals surface area (Å²) in [7, 11) is 4.15. The van der Waals surface area contributed by atoms with Crippen LogP contribution in [0.3, 0.4) is 0 Å². The topological polar surface area (TPSA) is 31.1 Å². The molecule has 0 bridgehead atoms. The number of H-pyrrole nitrogens is 1. The quantitative estimate of drug-likeness (QED) is 0.800. The minimum absolute atomic E-state index is 0.770. The third-order valence-electron chi connectivity index (χ3n) is 2.69. The zero-order chi connectivity index (χ0) is 12.3. The van der Waals surface area contributed by atoms with Gasteiger partial charge in [0, 0.05) is 35.9 Å². The number of nitrogens with zero attached hydrogens (tertiary/aromatic N) is 1. The molecule has 0 radical (unpaired) electrons. The van der Waals surface area contributed by atoms with Gasteiger partial charge < -0.3 is 15.2 Å². The average Bonchev–Trinajstić information content (AvgIpc) is 2.66. The van der Waals surface area contributed by atoms with Crippen LogP contribution >= 0.6 is 11.6 Å². The summed E-state index contributed by atoms with van der Waals surface area (Å²) >= 11 is 5.95.